The topological polar surface area (TPSA) is 511 Å². The number of nitrogens with two attached hydrogens (primary N) is 1. The lowest BCUT2D eigenvalue weighted by Gasteiger charge is -2.32. The molecule has 0 aliphatic carbocycles. The molecule has 0 radical (unpaired) electrons. The number of thiol groups is 2. The predicted molar refractivity (Wildman–Crippen MR) is 322 cm³/mol. The van der Waals surface area contributed by atoms with Crippen LogP contribution in [0.25, 0.3) is 0 Å². The van der Waals surface area contributed by atoms with Crippen molar-refractivity contribution in [2.24, 2.45) is 11.7 Å². The maximum absolute atomic E-state index is 13.8. The van der Waals surface area contributed by atoms with E-state index in [1.165, 1.54) is 24.3 Å². The summed E-state index contributed by atoms with van der Waals surface area (Å²) < 4.78 is 0. The summed E-state index contributed by atoms with van der Waals surface area (Å²) in [6, 6.07) is -5.06. The van der Waals surface area contributed by atoms with Crippen LogP contribution in [0, 0.1) is 5.92 Å². The van der Waals surface area contributed by atoms with Gasteiger partial charge in [-0.2, -0.15) is 25.3 Å². The second-order valence-electron chi connectivity index (χ2n) is 21.2. The van der Waals surface area contributed by atoms with Gasteiger partial charge in [0.15, 0.2) is 0 Å². The maximum atomic E-state index is 13.8. The number of aliphatic hydroxyl groups excluding tert-OH is 2. The number of hydrogen-bond donors (Lipinski definition) is 19. The van der Waals surface area contributed by atoms with Crippen molar-refractivity contribution in [1.29, 1.82) is 0 Å². The molecule has 18 N–H and O–H groups in total. The highest BCUT2D eigenvalue weighted by molar-refractivity contribution is 7.80. The van der Waals surface area contributed by atoms with E-state index in [9.17, 15) is 98.1 Å². The molecule has 1 heterocycles. The summed E-state index contributed by atoms with van der Waals surface area (Å²) in [5, 5.41) is 89.1. The Kier molecular flexibility index (Phi) is 36.4. The fourth-order valence-corrected chi connectivity index (χ4v) is 9.19. The number of carbonyl (C=O) groups is 13. The lowest BCUT2D eigenvalue weighted by Crippen LogP contribution is -2.61. The molecule has 1 aromatic carbocycles. The van der Waals surface area contributed by atoms with Gasteiger partial charge in [0.1, 0.15) is 48.0 Å². The number of carboxylic acid groups (broad SMARTS) is 4. The zero-order valence-corrected chi connectivity index (χ0v) is 51.4. The number of phenolic OH excluding ortho intramolecular Hbond substituents is 1. The van der Waals surface area contributed by atoms with Crippen LogP contribution in [0.15, 0.2) is 24.3 Å². The van der Waals surface area contributed by atoms with Gasteiger partial charge in [-0.3, -0.25) is 77.1 Å². The van der Waals surface area contributed by atoms with Gasteiger partial charge in [-0.05, 0) is 55.8 Å². The van der Waals surface area contributed by atoms with Gasteiger partial charge >= 0.3 is 23.9 Å². The highest BCUT2D eigenvalue weighted by atomic mass is 32.1. The number of benzene rings is 1. The highest BCUT2D eigenvalue weighted by Gasteiger charge is 2.34. The average molecular weight is 1300 g/mol. The van der Waals surface area contributed by atoms with Gasteiger partial charge < -0.3 is 89.3 Å². The van der Waals surface area contributed by atoms with Crippen molar-refractivity contribution >= 4 is 102 Å². The third-order valence-electron chi connectivity index (χ3n) is 13.5. The van der Waals surface area contributed by atoms with E-state index < -0.39 is 159 Å². The smallest absolute Gasteiger partial charge is 0.326 e. The van der Waals surface area contributed by atoms with Crippen molar-refractivity contribution in [3.63, 3.8) is 0 Å². The Morgan fingerprint density at radius 2 is 0.843 bits per heavy atom. The Morgan fingerprint density at radius 1 is 0.472 bits per heavy atom. The van der Waals surface area contributed by atoms with Crippen molar-refractivity contribution in [1.82, 2.24) is 67.5 Å². The second kappa shape index (κ2) is 41.7. The monoisotopic (exact) mass is 1300 g/mol. The van der Waals surface area contributed by atoms with E-state index >= 15 is 0 Å². The van der Waals surface area contributed by atoms with Crippen molar-refractivity contribution in [3.8, 4) is 5.75 Å². The summed E-state index contributed by atoms with van der Waals surface area (Å²) in [6.07, 6.45) is 0.403. The number of amides is 9. The number of rotatable bonds is 38. The highest BCUT2D eigenvalue weighted by Crippen LogP contribution is 2.13. The predicted octanol–water partition coefficient (Wildman–Crippen LogP) is -7.86. The molecule has 1 saturated heterocycles. The fourth-order valence-electron chi connectivity index (χ4n) is 8.67. The number of carbonyl (C=O) groups excluding carboxylic acids is 9. The number of carboxylic acids is 4. The third-order valence-corrected chi connectivity index (χ3v) is 14.2. The Hall–Kier alpha value is -7.45. The van der Waals surface area contributed by atoms with Gasteiger partial charge in [0.2, 0.25) is 53.2 Å². The molecule has 0 bridgehead atoms. The van der Waals surface area contributed by atoms with Crippen molar-refractivity contribution in [2.75, 3.05) is 123 Å². The van der Waals surface area contributed by atoms with Crippen molar-refractivity contribution in [2.45, 2.75) is 88.2 Å². The lowest BCUT2D eigenvalue weighted by atomic mass is 10.0. The minimum Gasteiger partial charge on any atom is -0.508 e. The Bertz CT molecular complexity index is 2510. The number of nitrogens with zero attached hydrogens (tertiary/aromatic N) is 4. The van der Waals surface area contributed by atoms with Gasteiger partial charge in [-0.15, -0.1) is 0 Å². The summed E-state index contributed by atoms with van der Waals surface area (Å²) in [4.78, 5) is 173. The van der Waals surface area contributed by atoms with Crippen molar-refractivity contribution in [3.05, 3.63) is 29.8 Å². The SMILES string of the molecule is CC(C)C[C@H](NC(=O)[C@H](CO)NC(=O)[C@H](Cc1ccc(O)cc1)NC(=O)[C@H](CS)NC(=O)[C@H](CS)NC(=O)[C@H](CCCCN)NC(=O)CNC(=O)[C@H](CO)NC(=O)CNC(=O)CN1CCN(CC(=O)O)CCN(CC(=O)O)CCN(CC(=O)O)CC1)C(=O)O. The molecule has 1 aliphatic rings. The summed E-state index contributed by atoms with van der Waals surface area (Å²) in [7, 11) is 0. The van der Waals surface area contributed by atoms with E-state index in [1.807, 2.05) is 0 Å². The Labute approximate surface area is 524 Å². The van der Waals surface area contributed by atoms with Gasteiger partial charge in [-0.25, -0.2) is 4.79 Å². The number of unbranched alkanes of at least 4 members (excludes halogenated alkanes) is 1. The molecule has 36 heteroatoms. The number of hydrogen-bond acceptors (Lipinski definition) is 23. The molecular formula is C53H86N14O20S2. The van der Waals surface area contributed by atoms with Gasteiger partial charge in [0.25, 0.3) is 0 Å². The van der Waals surface area contributed by atoms with E-state index in [0.717, 1.165) is 0 Å². The van der Waals surface area contributed by atoms with E-state index in [0.29, 0.717) is 12.0 Å². The molecule has 500 valence electrons. The quantitative estimate of drug-likeness (QED) is 0.0216. The molecule has 0 spiro atoms. The van der Waals surface area contributed by atoms with Crippen LogP contribution in [0.5, 0.6) is 5.75 Å². The standard InChI is InChI=1S/C53H86N14O20S2/c1-31(2)19-36(53(86)87)60-50(83)38(28-69)61-49(82)35(20-32-6-8-33(70)9-7-32)59-51(84)39(29-88)63-52(85)40(30-89)62-48(81)34(5-3-4-10-54)57-42(72)22-56-47(80)37(27-68)58-41(71)21-55-43(73)23-64-11-13-65(24-44(74)75)15-17-67(26-46(78)79)18-16-66(14-12-64)25-45(76)77/h6-9,31,34-40,68-70,88-89H,3-5,10-30,54H2,1-2H3,(H,55,73)(H,56,80)(H,57,72)(H,58,71)(H,59,84)(H,60,83)(H,61,82)(H,62,81)(H,63,85)(H,74,75)(H,76,77)(H,78,79)(H,86,87)/t34-,35-,36-,37-,38-,39-,40-/m0/s1. The normalized spacial score (nSPS) is 16.1. The first kappa shape index (κ1) is 77.6. The largest absolute Gasteiger partial charge is 0.508 e. The molecule has 0 saturated carbocycles. The third kappa shape index (κ3) is 31.5. The average Bonchev–Trinajstić information content (AvgIpc) is 3.68. The van der Waals surface area contributed by atoms with Crippen LogP contribution in [-0.2, 0) is 68.7 Å². The minimum atomic E-state index is -1.67. The molecule has 0 unspecified atom stereocenters. The van der Waals surface area contributed by atoms with Gasteiger partial charge in [0.05, 0.1) is 52.5 Å². The summed E-state index contributed by atoms with van der Waals surface area (Å²) in [5.41, 5.74) is 6.05. The molecule has 7 atom stereocenters. The first-order chi connectivity index (χ1) is 42.1. The van der Waals surface area contributed by atoms with Crippen LogP contribution < -0.4 is 53.6 Å². The fraction of sp³-hybridized carbons (Fsp3) is 0.642. The molecule has 1 fully saturated rings. The number of nitrogens with one attached hydrogen (secondary N) is 9. The van der Waals surface area contributed by atoms with E-state index in [-0.39, 0.29) is 121 Å². The Balaban J connectivity index is 2.10. The number of aliphatic hydroxyl groups is 2. The molecule has 34 nitrogen and oxygen atoms in total. The first-order valence-corrected chi connectivity index (χ1v) is 29.7. The van der Waals surface area contributed by atoms with E-state index in [4.69, 9.17) is 5.73 Å². The summed E-state index contributed by atoms with van der Waals surface area (Å²) in [5.74, 6) is -14.3. The molecule has 2 rings (SSSR count). The van der Waals surface area contributed by atoms with Crippen LogP contribution in [0.1, 0.15) is 45.1 Å². The molecule has 1 aromatic rings. The summed E-state index contributed by atoms with van der Waals surface area (Å²) >= 11 is 8.39. The van der Waals surface area contributed by atoms with Gasteiger partial charge in [-0.1, -0.05) is 26.0 Å². The zero-order valence-electron chi connectivity index (χ0n) is 49.6. The number of phenols is 1. The molecule has 9 amide bonds. The minimum absolute atomic E-state index is 0.0281. The van der Waals surface area contributed by atoms with Crippen LogP contribution in [0.4, 0.5) is 0 Å². The van der Waals surface area contributed by atoms with Gasteiger partial charge in [0, 0.05) is 70.3 Å². The summed E-state index contributed by atoms with van der Waals surface area (Å²) in [6.45, 7) is -0.221. The molecular weight excluding hydrogens is 1220 g/mol. The molecule has 1 aliphatic heterocycles. The maximum Gasteiger partial charge on any atom is 0.326 e. The van der Waals surface area contributed by atoms with E-state index in [2.05, 4.69) is 73.1 Å². The van der Waals surface area contributed by atoms with Crippen molar-refractivity contribution < 1.29 is 98.1 Å². The van der Waals surface area contributed by atoms with Crippen LogP contribution >= 0.6 is 25.3 Å². The number of aliphatic carboxylic acids is 4. The molecule has 89 heavy (non-hydrogen) atoms. The Morgan fingerprint density at radius 3 is 1.26 bits per heavy atom. The van der Waals surface area contributed by atoms with Crippen LogP contribution in [0.2, 0.25) is 0 Å². The molecule has 0 aromatic heterocycles. The number of aromatic hydroxyl groups is 1. The zero-order chi connectivity index (χ0) is 66.8. The van der Waals surface area contributed by atoms with E-state index in [1.54, 1.807) is 33.4 Å². The first-order valence-electron chi connectivity index (χ1n) is 28.5. The van der Waals surface area contributed by atoms with Crippen LogP contribution in [-0.4, -0.2) is 298 Å². The second-order valence-corrected chi connectivity index (χ2v) is 21.9. The van der Waals surface area contributed by atoms with Crippen LogP contribution in [0.3, 0.4) is 0 Å². The lowest BCUT2D eigenvalue weighted by molar-refractivity contribution is -0.143.